The molecule has 3 N–H and O–H groups in total. The minimum Gasteiger partial charge on any atom is -0.394 e. The molecule has 0 fully saturated rings. The Hall–Kier alpha value is -1.13. The minimum absolute atomic E-state index is 0.0668. The molecule has 2 atom stereocenters. The van der Waals surface area contributed by atoms with E-state index in [0.29, 0.717) is 6.42 Å². The highest BCUT2D eigenvalue weighted by Gasteiger charge is 2.18. The van der Waals surface area contributed by atoms with E-state index in [1.807, 2.05) is 6.08 Å². The molecule has 0 aliphatic rings. The largest absolute Gasteiger partial charge is 0.394 e. The third kappa shape index (κ3) is 49.7. The Bertz CT molecular complexity index is 886. The molecule has 61 heavy (non-hydrogen) atoms. The molecule has 0 spiro atoms. The first-order valence-corrected chi connectivity index (χ1v) is 28.1. The monoisotopic (exact) mass is 858 g/mol. The minimum atomic E-state index is -0.860. The molecule has 0 aromatic heterocycles. The first-order valence-electron chi connectivity index (χ1n) is 28.1. The highest BCUT2D eigenvalue weighted by molar-refractivity contribution is 5.76. The van der Waals surface area contributed by atoms with Crippen LogP contribution < -0.4 is 5.32 Å². The number of carbonyl (C=O) groups excluding carboxylic acids is 1. The molecule has 0 saturated heterocycles. The van der Waals surface area contributed by atoms with Crippen LogP contribution in [-0.2, 0) is 4.79 Å². The number of allylic oxidation sites excluding steroid dienone is 3. The number of carbonyl (C=O) groups is 1. The lowest BCUT2D eigenvalue weighted by Crippen LogP contribution is -2.45. The summed E-state index contributed by atoms with van der Waals surface area (Å²) in [4.78, 5) is 12.5. The summed E-state index contributed by atoms with van der Waals surface area (Å²) in [6.07, 6.45) is 70.6. The van der Waals surface area contributed by atoms with Crippen LogP contribution in [0, 0.1) is 0 Å². The Balaban J connectivity index is 3.49. The van der Waals surface area contributed by atoms with Gasteiger partial charge >= 0.3 is 0 Å². The van der Waals surface area contributed by atoms with Crippen LogP contribution in [0.1, 0.15) is 316 Å². The van der Waals surface area contributed by atoms with Crippen LogP contribution in [0.5, 0.6) is 0 Å². The predicted octanol–water partition coefficient (Wildman–Crippen LogP) is 18.3. The standard InChI is InChI=1S/C57H111NO3/c1-3-5-7-9-11-13-15-17-19-21-23-25-27-28-29-30-31-32-34-36-38-40-42-44-46-48-50-52-56(60)55(54-59)58-57(61)53-51-49-47-45-43-41-39-37-35-33-26-24-22-20-18-16-14-12-10-8-6-4-2/h42,44,50,52,55-56,59-60H,3-41,43,45-49,51,53-54H2,1-2H3,(H,58,61)/b44-42+,52-50+. The van der Waals surface area contributed by atoms with Crippen LogP contribution in [-0.4, -0.2) is 34.9 Å². The predicted molar refractivity (Wildman–Crippen MR) is 272 cm³/mol. The lowest BCUT2D eigenvalue weighted by Gasteiger charge is -2.19. The van der Waals surface area contributed by atoms with E-state index in [-0.39, 0.29) is 12.5 Å². The number of unbranched alkanes of at least 4 members (excludes halogenated alkanes) is 43. The van der Waals surface area contributed by atoms with E-state index < -0.39 is 12.1 Å². The number of hydrogen-bond acceptors (Lipinski definition) is 3. The molecule has 0 rings (SSSR count). The van der Waals surface area contributed by atoms with Crippen LogP contribution in [0.2, 0.25) is 0 Å². The Morgan fingerprint density at radius 3 is 0.951 bits per heavy atom. The molecule has 0 aromatic carbocycles. The van der Waals surface area contributed by atoms with Gasteiger partial charge in [-0.2, -0.15) is 0 Å². The highest BCUT2D eigenvalue weighted by atomic mass is 16.3. The molecule has 4 nitrogen and oxygen atoms in total. The summed E-state index contributed by atoms with van der Waals surface area (Å²) in [5.41, 5.74) is 0. The number of hydrogen-bond donors (Lipinski definition) is 3. The normalized spacial score (nSPS) is 12.9. The molecule has 4 heteroatoms. The summed E-state index contributed by atoms with van der Waals surface area (Å²) in [6.45, 7) is 4.34. The molecule has 2 unspecified atom stereocenters. The zero-order chi connectivity index (χ0) is 44.2. The highest BCUT2D eigenvalue weighted by Crippen LogP contribution is 2.18. The molecule has 362 valence electrons. The van der Waals surface area contributed by atoms with E-state index in [9.17, 15) is 15.0 Å². The van der Waals surface area contributed by atoms with Crippen molar-refractivity contribution in [3.05, 3.63) is 24.3 Å². The first-order chi connectivity index (χ1) is 30.2. The molecule has 0 radical (unpaired) electrons. The van der Waals surface area contributed by atoms with Gasteiger partial charge in [-0.3, -0.25) is 4.79 Å². The number of rotatable bonds is 52. The summed E-state index contributed by atoms with van der Waals surface area (Å²) >= 11 is 0. The van der Waals surface area contributed by atoms with Crippen molar-refractivity contribution in [3.8, 4) is 0 Å². The van der Waals surface area contributed by atoms with Crippen LogP contribution in [0.3, 0.4) is 0 Å². The molecule has 0 bridgehead atoms. The average Bonchev–Trinajstić information content (AvgIpc) is 3.26. The maximum Gasteiger partial charge on any atom is 0.220 e. The second kappa shape index (κ2) is 53.2. The van der Waals surface area contributed by atoms with Crippen molar-refractivity contribution in [2.45, 2.75) is 328 Å². The van der Waals surface area contributed by atoms with Crippen molar-refractivity contribution in [2.75, 3.05) is 6.61 Å². The summed E-state index contributed by atoms with van der Waals surface area (Å²) in [5, 5.41) is 23.1. The fourth-order valence-corrected chi connectivity index (χ4v) is 8.90. The van der Waals surface area contributed by atoms with Crippen molar-refractivity contribution >= 4 is 5.91 Å². The summed E-state index contributed by atoms with van der Waals surface area (Å²) in [5.74, 6) is -0.0668. The van der Waals surface area contributed by atoms with Gasteiger partial charge in [0.25, 0.3) is 0 Å². The van der Waals surface area contributed by atoms with E-state index >= 15 is 0 Å². The molecule has 0 aliphatic heterocycles. The summed E-state index contributed by atoms with van der Waals surface area (Å²) in [6, 6.07) is -0.636. The van der Waals surface area contributed by atoms with Gasteiger partial charge in [0.1, 0.15) is 0 Å². The zero-order valence-electron chi connectivity index (χ0n) is 41.7. The van der Waals surface area contributed by atoms with Gasteiger partial charge in [-0.1, -0.05) is 301 Å². The summed E-state index contributed by atoms with van der Waals surface area (Å²) < 4.78 is 0. The Kier molecular flexibility index (Phi) is 52.2. The van der Waals surface area contributed by atoms with Crippen LogP contribution in [0.25, 0.3) is 0 Å². The fraction of sp³-hybridized carbons (Fsp3) is 0.912. The molecule has 0 aromatic rings. The Morgan fingerprint density at radius 2 is 0.639 bits per heavy atom. The maximum atomic E-state index is 12.5. The second-order valence-corrected chi connectivity index (χ2v) is 19.4. The van der Waals surface area contributed by atoms with E-state index in [2.05, 4.69) is 31.3 Å². The van der Waals surface area contributed by atoms with Crippen LogP contribution in [0.15, 0.2) is 24.3 Å². The fourth-order valence-electron chi connectivity index (χ4n) is 8.90. The van der Waals surface area contributed by atoms with E-state index in [0.717, 1.165) is 32.1 Å². The smallest absolute Gasteiger partial charge is 0.220 e. The van der Waals surface area contributed by atoms with Gasteiger partial charge in [0.05, 0.1) is 18.8 Å². The maximum absolute atomic E-state index is 12.5. The van der Waals surface area contributed by atoms with Crippen molar-refractivity contribution in [1.29, 1.82) is 0 Å². The molecule has 1 amide bonds. The van der Waals surface area contributed by atoms with Gasteiger partial charge < -0.3 is 15.5 Å². The third-order valence-electron chi connectivity index (χ3n) is 13.2. The Morgan fingerprint density at radius 1 is 0.377 bits per heavy atom. The molecule has 0 saturated carbocycles. The van der Waals surface area contributed by atoms with Gasteiger partial charge in [-0.05, 0) is 32.1 Å². The van der Waals surface area contributed by atoms with Gasteiger partial charge in [-0.25, -0.2) is 0 Å². The molecular formula is C57H111NO3. The topological polar surface area (TPSA) is 69.6 Å². The SMILES string of the molecule is CCCCCCCCCCCCCCCCCCCCCCC/C=C/CC/C=C/C(O)C(CO)NC(=O)CCCCCCCCCCCCCCCCCCCCCCCC. The lowest BCUT2D eigenvalue weighted by molar-refractivity contribution is -0.123. The molecular weight excluding hydrogens is 747 g/mol. The number of aliphatic hydroxyl groups excluding tert-OH is 2. The van der Waals surface area contributed by atoms with Crippen LogP contribution >= 0.6 is 0 Å². The average molecular weight is 859 g/mol. The molecule has 0 heterocycles. The second-order valence-electron chi connectivity index (χ2n) is 19.4. The van der Waals surface area contributed by atoms with Crippen LogP contribution in [0.4, 0.5) is 0 Å². The van der Waals surface area contributed by atoms with Crippen molar-refractivity contribution in [2.24, 2.45) is 0 Å². The first kappa shape index (κ1) is 59.9. The summed E-state index contributed by atoms with van der Waals surface area (Å²) in [7, 11) is 0. The number of nitrogens with one attached hydrogen (secondary N) is 1. The van der Waals surface area contributed by atoms with E-state index in [4.69, 9.17) is 0 Å². The van der Waals surface area contributed by atoms with E-state index in [1.54, 1.807) is 6.08 Å². The van der Waals surface area contributed by atoms with Crippen molar-refractivity contribution in [1.82, 2.24) is 5.32 Å². The lowest BCUT2D eigenvalue weighted by atomic mass is 10.0. The van der Waals surface area contributed by atoms with Crippen molar-refractivity contribution < 1.29 is 15.0 Å². The van der Waals surface area contributed by atoms with Gasteiger partial charge in [-0.15, -0.1) is 0 Å². The number of aliphatic hydroxyl groups is 2. The Labute approximate surface area is 383 Å². The van der Waals surface area contributed by atoms with Gasteiger partial charge in [0.2, 0.25) is 5.91 Å². The number of amides is 1. The quantitative estimate of drug-likeness (QED) is 0.0422. The van der Waals surface area contributed by atoms with Gasteiger partial charge in [0, 0.05) is 6.42 Å². The molecule has 0 aliphatic carbocycles. The zero-order valence-corrected chi connectivity index (χ0v) is 41.7. The van der Waals surface area contributed by atoms with E-state index in [1.165, 1.54) is 263 Å². The van der Waals surface area contributed by atoms with Crippen molar-refractivity contribution in [3.63, 3.8) is 0 Å². The third-order valence-corrected chi connectivity index (χ3v) is 13.2. The van der Waals surface area contributed by atoms with Gasteiger partial charge in [0.15, 0.2) is 0 Å².